The normalized spacial score (nSPS) is 11.1. The molecule has 0 aliphatic heterocycles. The van der Waals surface area contributed by atoms with E-state index in [2.05, 4.69) is 23.0 Å². The van der Waals surface area contributed by atoms with Gasteiger partial charge in [-0.05, 0) is 31.5 Å². The molecule has 2 heterocycles. The molecule has 5 heteroatoms. The van der Waals surface area contributed by atoms with Crippen molar-refractivity contribution in [1.82, 2.24) is 14.5 Å². The van der Waals surface area contributed by atoms with Crippen molar-refractivity contribution >= 4 is 28.7 Å². The molecule has 0 bridgehead atoms. The molecule has 0 fully saturated rings. The predicted octanol–water partition coefficient (Wildman–Crippen LogP) is 3.27. The zero-order valence-electron chi connectivity index (χ0n) is 10.7. The highest BCUT2D eigenvalue weighted by molar-refractivity contribution is 6.31. The number of aromatic nitrogens is 3. The first-order valence-corrected chi connectivity index (χ1v) is 6.31. The number of nitrogen functional groups attached to an aromatic ring is 1. The van der Waals surface area contributed by atoms with Crippen LogP contribution in [0.5, 0.6) is 0 Å². The first kappa shape index (κ1) is 12.0. The molecule has 2 aromatic heterocycles. The predicted molar refractivity (Wildman–Crippen MR) is 77.8 cm³/mol. The lowest BCUT2D eigenvalue weighted by molar-refractivity contribution is 1.06. The lowest BCUT2D eigenvalue weighted by atomic mass is 10.1. The fourth-order valence-corrected chi connectivity index (χ4v) is 2.40. The third kappa shape index (κ3) is 1.94. The summed E-state index contributed by atoms with van der Waals surface area (Å²) in [4.78, 5) is 8.64. The van der Waals surface area contributed by atoms with Gasteiger partial charge in [-0.15, -0.1) is 0 Å². The lowest BCUT2D eigenvalue weighted by Gasteiger charge is -2.10. The minimum Gasteiger partial charge on any atom is -0.369 e. The molecule has 0 saturated heterocycles. The van der Waals surface area contributed by atoms with Crippen LogP contribution in [0.25, 0.3) is 16.9 Å². The van der Waals surface area contributed by atoms with Crippen LogP contribution in [0.4, 0.5) is 5.95 Å². The fourth-order valence-electron chi connectivity index (χ4n) is 2.25. The number of halogens is 1. The standard InChI is InChI=1S/C14H13ClN4/c1-8-3-4-12(9(2)5-8)19-13-11(18-14(19)16)6-10(15)7-17-13/h3-7H,1-2H3,(H2,16,18). The molecule has 0 amide bonds. The van der Waals surface area contributed by atoms with E-state index in [1.165, 1.54) is 5.56 Å². The van der Waals surface area contributed by atoms with Gasteiger partial charge in [0.15, 0.2) is 5.65 Å². The second-order valence-electron chi connectivity index (χ2n) is 4.59. The van der Waals surface area contributed by atoms with Gasteiger partial charge in [-0.3, -0.25) is 4.57 Å². The molecule has 0 aliphatic carbocycles. The number of benzene rings is 1. The summed E-state index contributed by atoms with van der Waals surface area (Å²) < 4.78 is 1.85. The van der Waals surface area contributed by atoms with Crippen molar-refractivity contribution in [2.45, 2.75) is 13.8 Å². The van der Waals surface area contributed by atoms with E-state index in [1.54, 1.807) is 12.3 Å². The highest BCUT2D eigenvalue weighted by Gasteiger charge is 2.13. The monoisotopic (exact) mass is 272 g/mol. The first-order chi connectivity index (χ1) is 9.06. The summed E-state index contributed by atoms with van der Waals surface area (Å²) in [5, 5.41) is 0.553. The summed E-state index contributed by atoms with van der Waals surface area (Å²) in [6.45, 7) is 4.10. The van der Waals surface area contributed by atoms with Crippen molar-refractivity contribution in [1.29, 1.82) is 0 Å². The molecular formula is C14H13ClN4. The molecule has 0 unspecified atom stereocenters. The van der Waals surface area contributed by atoms with Crippen LogP contribution in [0.3, 0.4) is 0 Å². The van der Waals surface area contributed by atoms with Gasteiger partial charge in [-0.1, -0.05) is 29.3 Å². The highest BCUT2D eigenvalue weighted by atomic mass is 35.5. The first-order valence-electron chi connectivity index (χ1n) is 5.93. The van der Waals surface area contributed by atoms with Crippen LogP contribution in [-0.4, -0.2) is 14.5 Å². The molecule has 3 aromatic rings. The number of imidazole rings is 1. The number of nitrogens with zero attached hydrogens (tertiary/aromatic N) is 3. The van der Waals surface area contributed by atoms with Crippen molar-refractivity contribution in [2.75, 3.05) is 5.73 Å². The molecule has 0 saturated carbocycles. The van der Waals surface area contributed by atoms with E-state index in [-0.39, 0.29) is 0 Å². The molecule has 0 atom stereocenters. The van der Waals surface area contributed by atoms with E-state index in [1.807, 2.05) is 23.6 Å². The van der Waals surface area contributed by atoms with E-state index in [0.717, 1.165) is 11.3 Å². The molecule has 0 spiro atoms. The summed E-state index contributed by atoms with van der Waals surface area (Å²) in [6.07, 6.45) is 1.60. The summed E-state index contributed by atoms with van der Waals surface area (Å²) in [6, 6.07) is 7.94. The maximum Gasteiger partial charge on any atom is 0.207 e. The molecule has 19 heavy (non-hydrogen) atoms. The number of hydrogen-bond donors (Lipinski definition) is 1. The highest BCUT2D eigenvalue weighted by Crippen LogP contribution is 2.25. The Hall–Kier alpha value is -2.07. The third-order valence-electron chi connectivity index (χ3n) is 3.08. The van der Waals surface area contributed by atoms with Crippen LogP contribution in [0.15, 0.2) is 30.5 Å². The molecular weight excluding hydrogens is 260 g/mol. The fraction of sp³-hybridized carbons (Fsp3) is 0.143. The van der Waals surface area contributed by atoms with Crippen LogP contribution < -0.4 is 5.73 Å². The van der Waals surface area contributed by atoms with Crippen molar-refractivity contribution < 1.29 is 0 Å². The average Bonchev–Trinajstić information content (AvgIpc) is 2.65. The quantitative estimate of drug-likeness (QED) is 0.740. The van der Waals surface area contributed by atoms with Gasteiger partial charge in [0.05, 0.1) is 10.7 Å². The number of nitrogens with two attached hydrogens (primary N) is 1. The molecule has 0 radical (unpaired) electrons. The van der Waals surface area contributed by atoms with E-state index in [9.17, 15) is 0 Å². The van der Waals surface area contributed by atoms with Crippen molar-refractivity contribution in [3.8, 4) is 5.69 Å². The number of pyridine rings is 1. The van der Waals surface area contributed by atoms with Crippen molar-refractivity contribution in [3.63, 3.8) is 0 Å². The minimum absolute atomic E-state index is 0.414. The molecule has 0 aliphatic rings. The topological polar surface area (TPSA) is 56.7 Å². The second-order valence-corrected chi connectivity index (χ2v) is 5.03. The number of fused-ring (bicyclic) bond motifs is 1. The maximum atomic E-state index is 6.01. The molecule has 96 valence electrons. The van der Waals surface area contributed by atoms with Gasteiger partial charge >= 0.3 is 0 Å². The van der Waals surface area contributed by atoms with Crippen LogP contribution in [0.2, 0.25) is 5.02 Å². The van der Waals surface area contributed by atoms with Gasteiger partial charge in [0, 0.05) is 6.20 Å². The Morgan fingerprint density at radius 2 is 2.00 bits per heavy atom. The van der Waals surface area contributed by atoms with Crippen LogP contribution in [0.1, 0.15) is 11.1 Å². The largest absolute Gasteiger partial charge is 0.369 e. The van der Waals surface area contributed by atoms with E-state index in [0.29, 0.717) is 22.1 Å². The van der Waals surface area contributed by atoms with Crippen LogP contribution in [0, 0.1) is 13.8 Å². The van der Waals surface area contributed by atoms with Gasteiger partial charge in [0.25, 0.3) is 0 Å². The van der Waals surface area contributed by atoms with Gasteiger partial charge in [-0.2, -0.15) is 0 Å². The van der Waals surface area contributed by atoms with Gasteiger partial charge < -0.3 is 5.73 Å². The van der Waals surface area contributed by atoms with Gasteiger partial charge in [0.2, 0.25) is 5.95 Å². The minimum atomic E-state index is 0.414. The summed E-state index contributed by atoms with van der Waals surface area (Å²) in [5.41, 5.74) is 10.7. The number of aryl methyl sites for hydroxylation is 2. The van der Waals surface area contributed by atoms with Gasteiger partial charge in [-0.25, -0.2) is 9.97 Å². The number of hydrogen-bond acceptors (Lipinski definition) is 3. The summed E-state index contributed by atoms with van der Waals surface area (Å²) in [7, 11) is 0. The van der Waals surface area contributed by atoms with Crippen molar-refractivity contribution in [3.05, 3.63) is 46.6 Å². The SMILES string of the molecule is Cc1ccc(-n2c(N)nc3cc(Cl)cnc32)c(C)c1. The number of rotatable bonds is 1. The smallest absolute Gasteiger partial charge is 0.207 e. The summed E-state index contributed by atoms with van der Waals surface area (Å²) >= 11 is 5.93. The lowest BCUT2D eigenvalue weighted by Crippen LogP contribution is -2.03. The van der Waals surface area contributed by atoms with E-state index < -0.39 is 0 Å². The third-order valence-corrected chi connectivity index (χ3v) is 3.29. The molecule has 4 nitrogen and oxygen atoms in total. The van der Waals surface area contributed by atoms with Crippen LogP contribution in [-0.2, 0) is 0 Å². The van der Waals surface area contributed by atoms with Crippen LogP contribution >= 0.6 is 11.6 Å². The second kappa shape index (κ2) is 4.24. The zero-order chi connectivity index (χ0) is 13.6. The van der Waals surface area contributed by atoms with Crippen molar-refractivity contribution in [2.24, 2.45) is 0 Å². The maximum absolute atomic E-state index is 6.01. The Morgan fingerprint density at radius 3 is 2.74 bits per heavy atom. The van der Waals surface area contributed by atoms with E-state index >= 15 is 0 Å². The number of anilines is 1. The molecule has 3 rings (SSSR count). The Bertz CT molecular complexity index is 776. The Labute approximate surface area is 115 Å². The Morgan fingerprint density at radius 1 is 1.21 bits per heavy atom. The Balaban J connectivity index is 2.33. The summed E-state index contributed by atoms with van der Waals surface area (Å²) in [5.74, 6) is 0.414. The molecule has 2 N–H and O–H groups in total. The Kier molecular flexibility index (Phi) is 2.68. The van der Waals surface area contributed by atoms with E-state index in [4.69, 9.17) is 17.3 Å². The molecule has 1 aromatic carbocycles. The van der Waals surface area contributed by atoms with Gasteiger partial charge in [0.1, 0.15) is 5.52 Å². The average molecular weight is 273 g/mol. The zero-order valence-corrected chi connectivity index (χ0v) is 11.4.